The molecule has 0 aliphatic heterocycles. The number of hydrogen-bond donors (Lipinski definition) is 2. The highest BCUT2D eigenvalue weighted by Gasteiger charge is 2.09. The van der Waals surface area contributed by atoms with E-state index in [-0.39, 0.29) is 29.9 Å². The Balaban J connectivity index is 0.00000338. The average Bonchev–Trinajstić information content (AvgIpc) is 2.99. The molecule has 2 rings (SSSR count). The largest absolute Gasteiger partial charge is 0.354 e. The Hall–Kier alpha value is -1.20. The highest BCUT2D eigenvalue weighted by atomic mass is 127. The number of aryl methyl sites for hydroxylation is 1. The summed E-state index contributed by atoms with van der Waals surface area (Å²) < 4.78 is 0.887. The topological polar surface area (TPSA) is 69.6 Å². The van der Waals surface area contributed by atoms with Crippen LogP contribution in [0.3, 0.4) is 0 Å². The number of guanidine groups is 1. The lowest BCUT2D eigenvalue weighted by molar-refractivity contribution is 0.0954. The molecule has 0 spiro atoms. The molecule has 2 N–H and O–H groups in total. The van der Waals surface area contributed by atoms with E-state index in [1.165, 1.54) is 0 Å². The molecule has 0 aliphatic carbocycles. The van der Waals surface area contributed by atoms with Crippen LogP contribution in [-0.4, -0.2) is 48.9 Å². The molecule has 26 heavy (non-hydrogen) atoms. The second-order valence-electron chi connectivity index (χ2n) is 5.45. The van der Waals surface area contributed by atoms with Crippen molar-refractivity contribution in [1.82, 2.24) is 20.5 Å². The Morgan fingerprint density at radius 2 is 2.08 bits per heavy atom. The molecule has 1 heterocycles. The molecule has 1 amide bonds. The van der Waals surface area contributed by atoms with Crippen molar-refractivity contribution in [2.45, 2.75) is 13.5 Å². The first-order valence-electron chi connectivity index (χ1n) is 7.86. The zero-order valence-corrected chi connectivity index (χ0v) is 19.7. The fourth-order valence-electron chi connectivity index (χ4n) is 2.27. The van der Waals surface area contributed by atoms with Gasteiger partial charge in [-0.3, -0.25) is 9.79 Å². The molecule has 6 nitrogen and oxygen atoms in total. The Labute approximate surface area is 183 Å². The summed E-state index contributed by atoms with van der Waals surface area (Å²) in [5, 5.41) is 9.24. The average molecular weight is 552 g/mol. The number of nitrogens with one attached hydrogen (secondary N) is 2. The number of thiazole rings is 1. The van der Waals surface area contributed by atoms with E-state index < -0.39 is 0 Å². The molecule has 0 atom stereocenters. The first kappa shape index (κ1) is 22.8. The van der Waals surface area contributed by atoms with E-state index in [0.717, 1.165) is 21.1 Å². The molecule has 0 fully saturated rings. The molecule has 1 aromatic heterocycles. The van der Waals surface area contributed by atoms with Gasteiger partial charge in [-0.1, -0.05) is 22.0 Å². The van der Waals surface area contributed by atoms with Crippen LogP contribution in [0.4, 0.5) is 0 Å². The lowest BCUT2D eigenvalue weighted by Crippen LogP contribution is -2.42. The van der Waals surface area contributed by atoms with E-state index in [0.29, 0.717) is 25.2 Å². The SMILES string of the molecule is CN=C(NCCNC(=O)c1cccc(Br)c1)N(C)Cc1csc(C)n1.I. The minimum absolute atomic E-state index is 0. The van der Waals surface area contributed by atoms with Gasteiger partial charge in [-0.2, -0.15) is 0 Å². The Morgan fingerprint density at radius 1 is 1.35 bits per heavy atom. The number of aromatic nitrogens is 1. The molecule has 1 aromatic carbocycles. The number of carbonyl (C=O) groups excluding carboxylic acids is 1. The molecule has 0 saturated carbocycles. The minimum atomic E-state index is -0.0932. The van der Waals surface area contributed by atoms with Gasteiger partial charge in [-0.15, -0.1) is 35.3 Å². The quantitative estimate of drug-likeness (QED) is 0.250. The maximum atomic E-state index is 12.1. The summed E-state index contributed by atoms with van der Waals surface area (Å²) in [6.45, 7) is 3.78. The van der Waals surface area contributed by atoms with Crippen molar-refractivity contribution in [1.29, 1.82) is 0 Å². The molecule has 2 aromatic rings. The van der Waals surface area contributed by atoms with E-state index >= 15 is 0 Å². The zero-order valence-electron chi connectivity index (χ0n) is 15.0. The van der Waals surface area contributed by atoms with Crippen LogP contribution >= 0.6 is 51.2 Å². The van der Waals surface area contributed by atoms with Crippen LogP contribution < -0.4 is 10.6 Å². The summed E-state index contributed by atoms with van der Waals surface area (Å²) >= 11 is 5.01. The van der Waals surface area contributed by atoms with E-state index in [4.69, 9.17) is 0 Å². The van der Waals surface area contributed by atoms with Crippen LogP contribution in [0.25, 0.3) is 0 Å². The Morgan fingerprint density at radius 3 is 2.69 bits per heavy atom. The van der Waals surface area contributed by atoms with Crippen LogP contribution in [0.2, 0.25) is 0 Å². The number of aliphatic imine (C=N–C) groups is 1. The standard InChI is InChI=1S/C17H22BrN5OS.HI/c1-12-22-15(11-25-12)10-23(3)17(19-2)21-8-7-20-16(24)13-5-4-6-14(18)9-13;/h4-6,9,11H,7-8,10H2,1-3H3,(H,19,21)(H,20,24);1H. The van der Waals surface area contributed by atoms with E-state index in [1.54, 1.807) is 30.5 Å². The van der Waals surface area contributed by atoms with Gasteiger partial charge in [0, 0.05) is 42.6 Å². The van der Waals surface area contributed by atoms with Gasteiger partial charge in [-0.05, 0) is 25.1 Å². The van der Waals surface area contributed by atoms with Crippen LogP contribution in [0.5, 0.6) is 0 Å². The third kappa shape index (κ3) is 7.20. The Bertz CT molecular complexity index is 752. The summed E-state index contributed by atoms with van der Waals surface area (Å²) in [4.78, 5) is 22.8. The fourth-order valence-corrected chi connectivity index (χ4v) is 3.27. The molecular weight excluding hydrogens is 529 g/mol. The molecule has 142 valence electrons. The first-order chi connectivity index (χ1) is 12.0. The Kier molecular flexibility index (Phi) is 10.1. The van der Waals surface area contributed by atoms with Gasteiger partial charge < -0.3 is 15.5 Å². The van der Waals surface area contributed by atoms with Gasteiger partial charge in [0.05, 0.1) is 17.2 Å². The van der Waals surface area contributed by atoms with Crippen molar-refractivity contribution in [3.8, 4) is 0 Å². The number of nitrogens with zero attached hydrogens (tertiary/aromatic N) is 3. The van der Waals surface area contributed by atoms with Crippen molar-refractivity contribution in [2.75, 3.05) is 27.2 Å². The van der Waals surface area contributed by atoms with Crippen LogP contribution in [0.1, 0.15) is 21.1 Å². The van der Waals surface area contributed by atoms with Crippen molar-refractivity contribution >= 4 is 63.1 Å². The molecule has 0 aliphatic rings. The lowest BCUT2D eigenvalue weighted by Gasteiger charge is -2.21. The highest BCUT2D eigenvalue weighted by molar-refractivity contribution is 14.0. The molecular formula is C17H23BrIN5OS. The predicted octanol–water partition coefficient (Wildman–Crippen LogP) is 3.27. The summed E-state index contributed by atoms with van der Waals surface area (Å²) in [6, 6.07) is 7.32. The summed E-state index contributed by atoms with van der Waals surface area (Å²) in [6.07, 6.45) is 0. The molecule has 0 unspecified atom stereocenters. The number of halogens is 2. The van der Waals surface area contributed by atoms with Crippen molar-refractivity contribution in [2.24, 2.45) is 4.99 Å². The van der Waals surface area contributed by atoms with Crippen molar-refractivity contribution in [3.63, 3.8) is 0 Å². The summed E-state index contributed by atoms with van der Waals surface area (Å²) in [5.41, 5.74) is 1.66. The number of carbonyl (C=O) groups is 1. The first-order valence-corrected chi connectivity index (χ1v) is 9.53. The third-order valence-corrected chi connectivity index (χ3v) is 4.74. The van der Waals surface area contributed by atoms with Crippen LogP contribution in [0.15, 0.2) is 39.1 Å². The van der Waals surface area contributed by atoms with Crippen LogP contribution in [-0.2, 0) is 6.54 Å². The molecule has 0 bridgehead atoms. The number of benzene rings is 1. The summed E-state index contributed by atoms with van der Waals surface area (Å²) in [5.74, 6) is 0.673. The van der Waals surface area contributed by atoms with Crippen molar-refractivity contribution in [3.05, 3.63) is 50.4 Å². The monoisotopic (exact) mass is 551 g/mol. The number of hydrogen-bond acceptors (Lipinski definition) is 4. The molecule has 9 heteroatoms. The van der Waals surface area contributed by atoms with Gasteiger partial charge >= 0.3 is 0 Å². The normalized spacial score (nSPS) is 10.8. The fraction of sp³-hybridized carbons (Fsp3) is 0.353. The third-order valence-electron chi connectivity index (χ3n) is 3.42. The predicted molar refractivity (Wildman–Crippen MR) is 122 cm³/mol. The maximum absolute atomic E-state index is 12.1. The van der Waals surface area contributed by atoms with E-state index in [1.807, 2.05) is 31.0 Å². The number of rotatable bonds is 6. The smallest absolute Gasteiger partial charge is 0.251 e. The van der Waals surface area contributed by atoms with Gasteiger partial charge in [0.1, 0.15) is 0 Å². The second kappa shape index (κ2) is 11.5. The van der Waals surface area contributed by atoms with E-state index in [2.05, 4.69) is 41.9 Å². The molecule has 0 saturated heterocycles. The highest BCUT2D eigenvalue weighted by Crippen LogP contribution is 2.11. The molecule has 0 radical (unpaired) electrons. The minimum Gasteiger partial charge on any atom is -0.354 e. The van der Waals surface area contributed by atoms with Crippen LogP contribution in [0, 0.1) is 6.92 Å². The van der Waals surface area contributed by atoms with Gasteiger partial charge in [0.25, 0.3) is 5.91 Å². The van der Waals surface area contributed by atoms with E-state index in [9.17, 15) is 4.79 Å². The zero-order chi connectivity index (χ0) is 18.2. The maximum Gasteiger partial charge on any atom is 0.251 e. The van der Waals surface area contributed by atoms with Gasteiger partial charge in [0.2, 0.25) is 0 Å². The van der Waals surface area contributed by atoms with Gasteiger partial charge in [0.15, 0.2) is 5.96 Å². The van der Waals surface area contributed by atoms with Gasteiger partial charge in [-0.25, -0.2) is 4.98 Å². The summed E-state index contributed by atoms with van der Waals surface area (Å²) in [7, 11) is 3.70. The lowest BCUT2D eigenvalue weighted by atomic mass is 10.2. The second-order valence-corrected chi connectivity index (χ2v) is 7.43. The number of amides is 1. The van der Waals surface area contributed by atoms with Crippen molar-refractivity contribution < 1.29 is 4.79 Å².